The molecule has 0 aliphatic rings. The predicted octanol–water partition coefficient (Wildman–Crippen LogP) is 4.08. The number of benzene rings is 1. The number of aryl methyl sites for hydroxylation is 1. The third-order valence-electron chi connectivity index (χ3n) is 1.99. The van der Waals surface area contributed by atoms with E-state index < -0.39 is 0 Å². The Kier molecular flexibility index (Phi) is 3.19. The van der Waals surface area contributed by atoms with Crippen LogP contribution in [-0.4, -0.2) is 4.98 Å². The minimum atomic E-state index is -0.307. The van der Waals surface area contributed by atoms with Gasteiger partial charge in [-0.1, -0.05) is 0 Å². The number of nitrogens with zero attached hydrogens (tertiary/aromatic N) is 1. The summed E-state index contributed by atoms with van der Waals surface area (Å²) >= 11 is 3.11. The van der Waals surface area contributed by atoms with E-state index in [-0.39, 0.29) is 5.82 Å². The second-order valence-electron chi connectivity index (χ2n) is 3.31. The standard InChI is InChI=1S/C12H9BrFNO/c1-8-6-10(4-5-15-8)16-9-2-3-12(14)11(13)7-9/h2-7H,1H3. The largest absolute Gasteiger partial charge is 0.457 e. The van der Waals surface area contributed by atoms with Crippen molar-refractivity contribution in [3.8, 4) is 11.5 Å². The summed E-state index contributed by atoms with van der Waals surface area (Å²) < 4.78 is 18.9. The number of pyridine rings is 1. The van der Waals surface area contributed by atoms with Gasteiger partial charge in [-0.25, -0.2) is 4.39 Å². The Hall–Kier alpha value is -1.42. The minimum Gasteiger partial charge on any atom is -0.457 e. The first-order valence-corrected chi connectivity index (χ1v) is 5.50. The first kappa shape index (κ1) is 11.1. The van der Waals surface area contributed by atoms with Crippen molar-refractivity contribution < 1.29 is 9.13 Å². The molecule has 0 saturated heterocycles. The molecule has 0 aliphatic heterocycles. The molecule has 0 spiro atoms. The van der Waals surface area contributed by atoms with Crippen LogP contribution < -0.4 is 4.74 Å². The Balaban J connectivity index is 2.24. The maximum absolute atomic E-state index is 13.0. The Morgan fingerprint density at radius 1 is 1.19 bits per heavy atom. The smallest absolute Gasteiger partial charge is 0.137 e. The molecule has 2 nitrogen and oxygen atoms in total. The molecule has 0 radical (unpaired) electrons. The molecule has 82 valence electrons. The zero-order valence-electron chi connectivity index (χ0n) is 8.58. The number of halogens is 2. The van der Waals surface area contributed by atoms with Gasteiger partial charge >= 0.3 is 0 Å². The van der Waals surface area contributed by atoms with Crippen molar-refractivity contribution in [1.82, 2.24) is 4.98 Å². The van der Waals surface area contributed by atoms with Crippen LogP contribution in [0.2, 0.25) is 0 Å². The van der Waals surface area contributed by atoms with Crippen LogP contribution in [0.5, 0.6) is 11.5 Å². The highest BCUT2D eigenvalue weighted by Gasteiger charge is 2.02. The van der Waals surface area contributed by atoms with E-state index in [4.69, 9.17) is 4.74 Å². The quantitative estimate of drug-likeness (QED) is 0.827. The van der Waals surface area contributed by atoms with Gasteiger partial charge in [-0.15, -0.1) is 0 Å². The Morgan fingerprint density at radius 2 is 1.94 bits per heavy atom. The van der Waals surface area contributed by atoms with Crippen LogP contribution in [0, 0.1) is 12.7 Å². The van der Waals surface area contributed by atoms with Gasteiger partial charge in [0.1, 0.15) is 17.3 Å². The fourth-order valence-electron chi connectivity index (χ4n) is 1.26. The number of ether oxygens (including phenoxy) is 1. The summed E-state index contributed by atoms with van der Waals surface area (Å²) in [5, 5.41) is 0. The molecule has 1 aromatic heterocycles. The van der Waals surface area contributed by atoms with Crippen LogP contribution in [0.4, 0.5) is 4.39 Å². The average Bonchev–Trinajstić information content (AvgIpc) is 2.24. The van der Waals surface area contributed by atoms with Crippen LogP contribution in [0.1, 0.15) is 5.69 Å². The molecular weight excluding hydrogens is 273 g/mol. The number of hydrogen-bond donors (Lipinski definition) is 0. The molecular formula is C12H9BrFNO. The molecule has 0 atom stereocenters. The highest BCUT2D eigenvalue weighted by atomic mass is 79.9. The molecule has 16 heavy (non-hydrogen) atoms. The lowest BCUT2D eigenvalue weighted by Gasteiger charge is -2.06. The van der Waals surface area contributed by atoms with Gasteiger partial charge in [-0.2, -0.15) is 0 Å². The van der Waals surface area contributed by atoms with Gasteiger partial charge in [0, 0.05) is 18.0 Å². The molecule has 0 aliphatic carbocycles. The van der Waals surface area contributed by atoms with E-state index >= 15 is 0 Å². The van der Waals surface area contributed by atoms with Gasteiger partial charge in [0.25, 0.3) is 0 Å². The molecule has 1 heterocycles. The van der Waals surface area contributed by atoms with E-state index in [0.717, 1.165) is 5.69 Å². The molecule has 0 bridgehead atoms. The maximum Gasteiger partial charge on any atom is 0.137 e. The van der Waals surface area contributed by atoms with Crippen LogP contribution in [0.15, 0.2) is 41.0 Å². The number of aromatic nitrogens is 1. The SMILES string of the molecule is Cc1cc(Oc2ccc(F)c(Br)c2)ccn1. The molecule has 0 fully saturated rings. The van der Waals surface area contributed by atoms with Crippen molar-refractivity contribution in [2.24, 2.45) is 0 Å². The van der Waals surface area contributed by atoms with Gasteiger partial charge in [0.2, 0.25) is 0 Å². The summed E-state index contributed by atoms with van der Waals surface area (Å²) in [6.07, 6.45) is 1.67. The third-order valence-corrected chi connectivity index (χ3v) is 2.60. The Labute approximate surface area is 101 Å². The summed E-state index contributed by atoms with van der Waals surface area (Å²) in [5.41, 5.74) is 0.874. The predicted molar refractivity (Wildman–Crippen MR) is 63.1 cm³/mol. The second kappa shape index (κ2) is 4.61. The number of hydrogen-bond acceptors (Lipinski definition) is 2. The van der Waals surface area contributed by atoms with Gasteiger partial charge in [-0.3, -0.25) is 4.98 Å². The van der Waals surface area contributed by atoms with Crippen molar-refractivity contribution in [3.63, 3.8) is 0 Å². The van der Waals surface area contributed by atoms with Crippen LogP contribution in [0.3, 0.4) is 0 Å². The zero-order chi connectivity index (χ0) is 11.5. The molecule has 2 aromatic rings. The fraction of sp³-hybridized carbons (Fsp3) is 0.0833. The highest BCUT2D eigenvalue weighted by Crippen LogP contribution is 2.26. The van der Waals surface area contributed by atoms with Gasteiger partial charge in [0.15, 0.2) is 0 Å². The van der Waals surface area contributed by atoms with E-state index in [0.29, 0.717) is 16.0 Å². The van der Waals surface area contributed by atoms with Crippen LogP contribution in [0.25, 0.3) is 0 Å². The summed E-state index contributed by atoms with van der Waals surface area (Å²) in [7, 11) is 0. The maximum atomic E-state index is 13.0. The monoisotopic (exact) mass is 281 g/mol. The van der Waals surface area contributed by atoms with Crippen molar-refractivity contribution in [3.05, 3.63) is 52.5 Å². The van der Waals surface area contributed by atoms with Crippen LogP contribution in [-0.2, 0) is 0 Å². The fourth-order valence-corrected chi connectivity index (χ4v) is 1.62. The first-order chi connectivity index (χ1) is 7.65. The average molecular weight is 282 g/mol. The number of rotatable bonds is 2. The summed E-state index contributed by atoms with van der Waals surface area (Å²) in [5.74, 6) is 0.961. The lowest BCUT2D eigenvalue weighted by atomic mass is 10.3. The normalized spacial score (nSPS) is 10.2. The zero-order valence-corrected chi connectivity index (χ0v) is 10.2. The van der Waals surface area contributed by atoms with E-state index in [1.165, 1.54) is 6.07 Å². The van der Waals surface area contributed by atoms with Gasteiger partial charge in [0.05, 0.1) is 4.47 Å². The lowest BCUT2D eigenvalue weighted by molar-refractivity contribution is 0.478. The van der Waals surface area contributed by atoms with Crippen molar-refractivity contribution in [2.45, 2.75) is 6.92 Å². The lowest BCUT2D eigenvalue weighted by Crippen LogP contribution is -1.87. The molecule has 0 saturated carbocycles. The van der Waals surface area contributed by atoms with Crippen molar-refractivity contribution >= 4 is 15.9 Å². The van der Waals surface area contributed by atoms with E-state index in [1.54, 1.807) is 24.4 Å². The first-order valence-electron chi connectivity index (χ1n) is 4.71. The highest BCUT2D eigenvalue weighted by molar-refractivity contribution is 9.10. The Bertz CT molecular complexity index is 516. The summed E-state index contributed by atoms with van der Waals surface area (Å²) in [6.45, 7) is 1.88. The van der Waals surface area contributed by atoms with Crippen molar-refractivity contribution in [1.29, 1.82) is 0 Å². The van der Waals surface area contributed by atoms with Gasteiger partial charge in [-0.05, 0) is 47.1 Å². The topological polar surface area (TPSA) is 22.1 Å². The van der Waals surface area contributed by atoms with Gasteiger partial charge < -0.3 is 4.74 Å². The molecule has 0 amide bonds. The molecule has 1 aromatic carbocycles. The minimum absolute atomic E-state index is 0.307. The van der Waals surface area contributed by atoms with E-state index in [1.807, 2.05) is 13.0 Å². The van der Waals surface area contributed by atoms with E-state index in [9.17, 15) is 4.39 Å². The third kappa shape index (κ3) is 2.58. The van der Waals surface area contributed by atoms with E-state index in [2.05, 4.69) is 20.9 Å². The molecule has 4 heteroatoms. The Morgan fingerprint density at radius 3 is 2.62 bits per heavy atom. The molecule has 0 N–H and O–H groups in total. The second-order valence-corrected chi connectivity index (χ2v) is 4.17. The molecule has 2 rings (SSSR count). The molecule has 0 unspecified atom stereocenters. The summed E-state index contributed by atoms with van der Waals surface area (Å²) in [6, 6.07) is 8.09. The summed E-state index contributed by atoms with van der Waals surface area (Å²) in [4.78, 5) is 4.06. The van der Waals surface area contributed by atoms with Crippen LogP contribution >= 0.6 is 15.9 Å². The van der Waals surface area contributed by atoms with Crippen molar-refractivity contribution in [2.75, 3.05) is 0 Å².